The number of para-hydroxylation sites is 1. The van der Waals surface area contributed by atoms with Crippen LogP contribution in [0, 0.1) is 12.3 Å². The molecule has 2 aromatic carbocycles. The van der Waals surface area contributed by atoms with E-state index in [1.54, 1.807) is 6.33 Å². The topological polar surface area (TPSA) is 123 Å². The number of aromatic nitrogens is 3. The molecule has 5 aromatic rings. The molecule has 2 N–H and O–H groups in total. The lowest BCUT2D eigenvalue weighted by Gasteiger charge is -2.41. The molecule has 0 aliphatic carbocycles. The van der Waals surface area contributed by atoms with Gasteiger partial charge in [0.25, 0.3) is 0 Å². The zero-order valence-corrected chi connectivity index (χ0v) is 35.4. The maximum atomic E-state index is 13.2. The average Bonchev–Trinajstić information content (AvgIpc) is 3.58. The van der Waals surface area contributed by atoms with E-state index in [1.807, 2.05) is 52.0 Å². The molecule has 2 saturated heterocycles. The second-order valence-electron chi connectivity index (χ2n) is 18.3. The van der Waals surface area contributed by atoms with E-state index in [2.05, 4.69) is 69.0 Å². The Labute approximate surface area is 342 Å². The van der Waals surface area contributed by atoms with Gasteiger partial charge in [0.2, 0.25) is 0 Å². The number of piperazine rings is 1. The van der Waals surface area contributed by atoms with E-state index in [-0.39, 0.29) is 5.41 Å². The normalized spacial score (nSPS) is 18.5. The van der Waals surface area contributed by atoms with Crippen molar-refractivity contribution >= 4 is 45.4 Å². The standard InChI is InChI=1S/C46H60N8O4/c1-30-36(40(44(55)56)58-45(2,3)4)39(53-21-16-46(5,6)17-22-53)37(42(50-30)47-18-10-19-52-25-23-51(7)24-26-52)32-13-14-33-28-54(20-15-31(33)27-32)43-41-38(48-29-49-43)34-11-8-9-12-35(34)57-41/h8-9,11-14,27,29,40H,10,15-26,28H2,1-7H3,(H,47,50)(H,55,56). The molecule has 12 nitrogen and oxygen atoms in total. The summed E-state index contributed by atoms with van der Waals surface area (Å²) in [6.45, 7) is 21.6. The minimum atomic E-state index is -1.18. The zero-order valence-electron chi connectivity index (χ0n) is 35.4. The number of nitrogens with one attached hydrogen (secondary N) is 1. The molecule has 3 aliphatic heterocycles. The van der Waals surface area contributed by atoms with Gasteiger partial charge in [0.1, 0.15) is 23.2 Å². The van der Waals surface area contributed by atoms with Gasteiger partial charge >= 0.3 is 5.97 Å². The van der Waals surface area contributed by atoms with Gasteiger partial charge in [0.05, 0.1) is 11.3 Å². The van der Waals surface area contributed by atoms with Crippen molar-refractivity contribution in [2.75, 3.05) is 81.1 Å². The molecular formula is C46H60N8O4. The Hall–Kier alpha value is -4.78. The molecule has 1 atom stereocenters. The number of nitrogens with zero attached hydrogens (tertiary/aromatic N) is 7. The van der Waals surface area contributed by atoms with E-state index in [0.717, 1.165) is 130 Å². The zero-order chi connectivity index (χ0) is 40.8. The minimum Gasteiger partial charge on any atom is -0.479 e. The Kier molecular flexibility index (Phi) is 11.1. The predicted octanol–water partition coefficient (Wildman–Crippen LogP) is 7.93. The number of anilines is 3. The fourth-order valence-corrected chi connectivity index (χ4v) is 8.87. The highest BCUT2D eigenvalue weighted by Crippen LogP contribution is 2.47. The van der Waals surface area contributed by atoms with E-state index >= 15 is 0 Å². The van der Waals surface area contributed by atoms with Crippen LogP contribution in [0.4, 0.5) is 17.3 Å². The monoisotopic (exact) mass is 788 g/mol. The first-order chi connectivity index (χ1) is 27.7. The van der Waals surface area contributed by atoms with Crippen LogP contribution in [0.2, 0.25) is 0 Å². The number of carboxylic acid groups (broad SMARTS) is 1. The SMILES string of the molecule is Cc1nc(NCCCN2CCN(C)CC2)c(-c2ccc3c(c2)CCN(c2ncnc4c2oc2ccccc24)C3)c(N2CCC(C)(C)CC2)c1C(OC(C)(C)C)C(=O)O. The number of pyridine rings is 1. The van der Waals surface area contributed by atoms with Crippen LogP contribution in [0.15, 0.2) is 53.2 Å². The summed E-state index contributed by atoms with van der Waals surface area (Å²) in [5, 5.41) is 15.6. The average molecular weight is 789 g/mol. The number of likely N-dealkylation sites (N-methyl/N-ethyl adjacent to an activating group) is 1. The lowest BCUT2D eigenvalue weighted by molar-refractivity contribution is -0.160. The van der Waals surface area contributed by atoms with Crippen molar-refractivity contribution in [2.45, 2.75) is 85.5 Å². The number of aliphatic carboxylic acids is 1. The smallest absolute Gasteiger partial charge is 0.337 e. The van der Waals surface area contributed by atoms with Crippen molar-refractivity contribution < 1.29 is 19.1 Å². The molecular weight excluding hydrogens is 729 g/mol. The number of rotatable bonds is 11. The number of ether oxygens (including phenoxy) is 1. The second kappa shape index (κ2) is 16.1. The molecule has 0 saturated carbocycles. The minimum absolute atomic E-state index is 0.201. The third-order valence-electron chi connectivity index (χ3n) is 12.3. The molecule has 3 aromatic heterocycles. The van der Waals surface area contributed by atoms with Gasteiger partial charge < -0.3 is 39.2 Å². The highest BCUT2D eigenvalue weighted by Gasteiger charge is 2.37. The quantitative estimate of drug-likeness (QED) is 0.126. The number of benzene rings is 2. The van der Waals surface area contributed by atoms with Crippen molar-refractivity contribution in [3.05, 3.63) is 71.2 Å². The summed E-state index contributed by atoms with van der Waals surface area (Å²) in [6.07, 6.45) is 4.24. The van der Waals surface area contributed by atoms with Crippen LogP contribution < -0.4 is 15.1 Å². The lowest BCUT2D eigenvalue weighted by atomic mass is 9.81. The second-order valence-corrected chi connectivity index (χ2v) is 18.3. The Balaban J connectivity index is 1.19. The van der Waals surface area contributed by atoms with Crippen molar-refractivity contribution in [1.82, 2.24) is 24.8 Å². The highest BCUT2D eigenvalue weighted by molar-refractivity contribution is 6.05. The van der Waals surface area contributed by atoms with E-state index in [4.69, 9.17) is 19.1 Å². The van der Waals surface area contributed by atoms with Gasteiger partial charge in [0, 0.05) is 81.1 Å². The van der Waals surface area contributed by atoms with Gasteiger partial charge in [-0.3, -0.25) is 0 Å². The first-order valence-corrected chi connectivity index (χ1v) is 21.1. The van der Waals surface area contributed by atoms with Crippen LogP contribution >= 0.6 is 0 Å². The number of furan rings is 1. The molecule has 0 spiro atoms. The Bertz CT molecular complexity index is 2280. The molecule has 0 radical (unpaired) electrons. The highest BCUT2D eigenvalue weighted by atomic mass is 16.5. The number of hydrogen-bond acceptors (Lipinski definition) is 11. The number of aryl methyl sites for hydroxylation is 1. The molecule has 0 amide bonds. The molecule has 58 heavy (non-hydrogen) atoms. The van der Waals surface area contributed by atoms with Crippen molar-refractivity contribution in [3.63, 3.8) is 0 Å². The largest absolute Gasteiger partial charge is 0.479 e. The maximum Gasteiger partial charge on any atom is 0.337 e. The third kappa shape index (κ3) is 8.37. The van der Waals surface area contributed by atoms with Crippen LogP contribution in [0.1, 0.15) is 82.4 Å². The van der Waals surface area contributed by atoms with E-state index in [0.29, 0.717) is 23.4 Å². The molecule has 3 aliphatic rings. The molecule has 308 valence electrons. The Morgan fingerprint density at radius 1 is 0.983 bits per heavy atom. The van der Waals surface area contributed by atoms with Gasteiger partial charge in [-0.1, -0.05) is 44.2 Å². The predicted molar refractivity (Wildman–Crippen MR) is 232 cm³/mol. The fraction of sp³-hybridized carbons (Fsp3) is 0.522. The first-order valence-electron chi connectivity index (χ1n) is 21.1. The maximum absolute atomic E-state index is 13.2. The third-order valence-corrected chi connectivity index (χ3v) is 12.3. The Morgan fingerprint density at radius 2 is 1.74 bits per heavy atom. The summed E-state index contributed by atoms with van der Waals surface area (Å²) in [4.78, 5) is 37.4. The molecule has 2 fully saturated rings. The van der Waals surface area contributed by atoms with Crippen LogP contribution in [0.3, 0.4) is 0 Å². The van der Waals surface area contributed by atoms with Crippen molar-refractivity contribution in [3.8, 4) is 11.1 Å². The molecule has 6 heterocycles. The van der Waals surface area contributed by atoms with Crippen LogP contribution in [-0.2, 0) is 22.5 Å². The van der Waals surface area contributed by atoms with Gasteiger partial charge in [0.15, 0.2) is 17.5 Å². The lowest BCUT2D eigenvalue weighted by Crippen LogP contribution is -2.44. The van der Waals surface area contributed by atoms with Gasteiger partial charge in [-0.25, -0.2) is 19.7 Å². The molecule has 0 bridgehead atoms. The number of hydrogen-bond donors (Lipinski definition) is 2. The van der Waals surface area contributed by atoms with Crippen molar-refractivity contribution in [2.24, 2.45) is 5.41 Å². The first kappa shape index (κ1) is 40.0. The van der Waals surface area contributed by atoms with Gasteiger partial charge in [-0.05, 0) is 101 Å². The summed E-state index contributed by atoms with van der Waals surface area (Å²) in [5.41, 5.74) is 8.58. The molecule has 12 heteroatoms. The van der Waals surface area contributed by atoms with Crippen molar-refractivity contribution in [1.29, 1.82) is 0 Å². The number of fused-ring (bicyclic) bond motifs is 4. The molecule has 8 rings (SSSR count). The number of carbonyl (C=O) groups is 1. The summed E-state index contributed by atoms with van der Waals surface area (Å²) in [7, 11) is 2.19. The van der Waals surface area contributed by atoms with Crippen LogP contribution in [-0.4, -0.2) is 107 Å². The van der Waals surface area contributed by atoms with E-state index in [1.165, 1.54) is 11.1 Å². The van der Waals surface area contributed by atoms with Crippen LogP contribution in [0.25, 0.3) is 33.2 Å². The van der Waals surface area contributed by atoms with Crippen LogP contribution in [0.5, 0.6) is 0 Å². The number of piperidine rings is 1. The summed E-state index contributed by atoms with van der Waals surface area (Å²) < 4.78 is 12.7. The fourth-order valence-electron chi connectivity index (χ4n) is 8.87. The molecule has 1 unspecified atom stereocenters. The Morgan fingerprint density at radius 3 is 2.48 bits per heavy atom. The van der Waals surface area contributed by atoms with Gasteiger partial charge in [-0.2, -0.15) is 0 Å². The van der Waals surface area contributed by atoms with E-state index < -0.39 is 17.7 Å². The number of carboxylic acids is 1. The van der Waals surface area contributed by atoms with Gasteiger partial charge in [-0.15, -0.1) is 0 Å². The summed E-state index contributed by atoms with van der Waals surface area (Å²) >= 11 is 0. The summed E-state index contributed by atoms with van der Waals surface area (Å²) in [6, 6.07) is 14.7. The van der Waals surface area contributed by atoms with E-state index in [9.17, 15) is 9.90 Å². The summed E-state index contributed by atoms with van der Waals surface area (Å²) in [5.74, 6) is 0.594.